The smallest absolute Gasteiger partial charge is 0.306 e. The number of aliphatic carboxylic acids is 1. The van der Waals surface area contributed by atoms with Gasteiger partial charge in [-0.2, -0.15) is 0 Å². The molecule has 0 aromatic carbocycles. The van der Waals surface area contributed by atoms with E-state index >= 15 is 0 Å². The van der Waals surface area contributed by atoms with Crippen molar-refractivity contribution in [3.05, 3.63) is 11.9 Å². The summed E-state index contributed by atoms with van der Waals surface area (Å²) in [7, 11) is 0. The van der Waals surface area contributed by atoms with Crippen molar-refractivity contribution in [2.75, 3.05) is 0 Å². The lowest BCUT2D eigenvalue weighted by Crippen LogP contribution is -2.18. The molecule has 1 aliphatic rings. The highest BCUT2D eigenvalue weighted by Gasteiger charge is 2.31. The molecule has 1 aliphatic carbocycles. The molecule has 1 fully saturated rings. The van der Waals surface area contributed by atoms with Crippen LogP contribution in [-0.2, 0) is 4.79 Å². The van der Waals surface area contributed by atoms with Gasteiger partial charge in [-0.1, -0.05) is 0 Å². The highest BCUT2D eigenvalue weighted by Crippen LogP contribution is 2.29. The SMILES string of the molecule is N[C@H]1C[C@@H](C(=O)O)C/C1=C\F. The van der Waals surface area contributed by atoms with Crippen molar-refractivity contribution in [2.24, 2.45) is 11.7 Å². The number of rotatable bonds is 1. The number of carbonyl (C=O) groups is 1. The summed E-state index contributed by atoms with van der Waals surface area (Å²) in [4.78, 5) is 10.4. The van der Waals surface area contributed by atoms with E-state index in [0.29, 0.717) is 18.3 Å². The van der Waals surface area contributed by atoms with E-state index in [-0.39, 0.29) is 6.42 Å². The van der Waals surface area contributed by atoms with Crippen LogP contribution in [0.5, 0.6) is 0 Å². The van der Waals surface area contributed by atoms with Gasteiger partial charge in [0.15, 0.2) is 0 Å². The molecule has 4 heteroatoms. The number of carboxylic acid groups (broad SMARTS) is 1. The average molecular weight is 159 g/mol. The van der Waals surface area contributed by atoms with Crippen LogP contribution in [0.1, 0.15) is 12.8 Å². The van der Waals surface area contributed by atoms with E-state index in [0.717, 1.165) is 0 Å². The topological polar surface area (TPSA) is 63.3 Å². The maximum absolute atomic E-state index is 12.0. The molecule has 0 heterocycles. The van der Waals surface area contributed by atoms with Gasteiger partial charge in [0.1, 0.15) is 0 Å². The van der Waals surface area contributed by atoms with Gasteiger partial charge in [0.2, 0.25) is 0 Å². The highest BCUT2D eigenvalue weighted by atomic mass is 19.1. The van der Waals surface area contributed by atoms with Crippen LogP contribution in [0.15, 0.2) is 11.9 Å². The first-order valence-corrected chi connectivity index (χ1v) is 3.42. The Balaban J connectivity index is 2.64. The molecule has 3 N–H and O–H groups in total. The zero-order valence-corrected chi connectivity index (χ0v) is 5.96. The fraction of sp³-hybridized carbons (Fsp3) is 0.571. The van der Waals surface area contributed by atoms with Gasteiger partial charge in [0, 0.05) is 6.04 Å². The molecule has 0 spiro atoms. The zero-order valence-electron chi connectivity index (χ0n) is 5.96. The Hall–Kier alpha value is -0.900. The Morgan fingerprint density at radius 2 is 2.45 bits per heavy atom. The van der Waals surface area contributed by atoms with Crippen molar-refractivity contribution >= 4 is 5.97 Å². The van der Waals surface area contributed by atoms with Crippen LogP contribution in [0.4, 0.5) is 4.39 Å². The number of carboxylic acids is 1. The van der Waals surface area contributed by atoms with E-state index in [9.17, 15) is 9.18 Å². The maximum atomic E-state index is 12.0. The molecule has 0 amide bonds. The van der Waals surface area contributed by atoms with Crippen LogP contribution in [-0.4, -0.2) is 17.1 Å². The molecule has 0 saturated heterocycles. The number of halogens is 1. The van der Waals surface area contributed by atoms with Gasteiger partial charge in [-0.15, -0.1) is 0 Å². The lowest BCUT2D eigenvalue weighted by Gasteiger charge is -2.00. The summed E-state index contributed by atoms with van der Waals surface area (Å²) in [5.41, 5.74) is 5.86. The molecule has 11 heavy (non-hydrogen) atoms. The van der Waals surface area contributed by atoms with Crippen LogP contribution in [0.3, 0.4) is 0 Å². The Kier molecular flexibility index (Phi) is 2.24. The predicted octanol–water partition coefficient (Wildman–Crippen LogP) is 0.662. The van der Waals surface area contributed by atoms with Crippen molar-refractivity contribution in [1.82, 2.24) is 0 Å². The molecule has 1 rings (SSSR count). The van der Waals surface area contributed by atoms with Gasteiger partial charge in [-0.05, 0) is 18.4 Å². The van der Waals surface area contributed by atoms with Crippen molar-refractivity contribution < 1.29 is 14.3 Å². The largest absolute Gasteiger partial charge is 0.481 e. The van der Waals surface area contributed by atoms with Gasteiger partial charge in [-0.25, -0.2) is 4.39 Å². The summed E-state index contributed by atoms with van der Waals surface area (Å²) in [5.74, 6) is -1.38. The minimum atomic E-state index is -0.891. The second-order valence-electron chi connectivity index (χ2n) is 2.77. The Bertz CT molecular complexity index is 203. The van der Waals surface area contributed by atoms with E-state index in [2.05, 4.69) is 0 Å². The number of hydrogen-bond donors (Lipinski definition) is 2. The molecule has 0 bridgehead atoms. The maximum Gasteiger partial charge on any atom is 0.306 e. The second-order valence-corrected chi connectivity index (χ2v) is 2.77. The first kappa shape index (κ1) is 8.20. The first-order valence-electron chi connectivity index (χ1n) is 3.42. The van der Waals surface area contributed by atoms with Crippen LogP contribution in [0.2, 0.25) is 0 Å². The molecule has 0 radical (unpaired) electrons. The van der Waals surface area contributed by atoms with Gasteiger partial charge in [0.05, 0.1) is 12.2 Å². The van der Waals surface area contributed by atoms with Crippen LogP contribution < -0.4 is 5.73 Å². The van der Waals surface area contributed by atoms with Crippen molar-refractivity contribution in [3.63, 3.8) is 0 Å². The zero-order chi connectivity index (χ0) is 8.43. The molecular weight excluding hydrogens is 149 g/mol. The average Bonchev–Trinajstić information content (AvgIpc) is 2.31. The van der Waals surface area contributed by atoms with Crippen LogP contribution >= 0.6 is 0 Å². The lowest BCUT2D eigenvalue weighted by molar-refractivity contribution is -0.141. The quantitative estimate of drug-likeness (QED) is 0.590. The number of hydrogen-bond acceptors (Lipinski definition) is 2. The van der Waals surface area contributed by atoms with Gasteiger partial charge in [-0.3, -0.25) is 4.79 Å². The van der Waals surface area contributed by atoms with E-state index < -0.39 is 17.9 Å². The third kappa shape index (κ3) is 1.57. The fourth-order valence-electron chi connectivity index (χ4n) is 1.29. The Morgan fingerprint density at radius 1 is 1.82 bits per heavy atom. The van der Waals surface area contributed by atoms with Crippen molar-refractivity contribution in [3.8, 4) is 0 Å². The minimum Gasteiger partial charge on any atom is -0.481 e. The van der Waals surface area contributed by atoms with Crippen LogP contribution in [0.25, 0.3) is 0 Å². The van der Waals surface area contributed by atoms with Gasteiger partial charge < -0.3 is 10.8 Å². The van der Waals surface area contributed by atoms with Gasteiger partial charge >= 0.3 is 5.97 Å². The molecule has 3 nitrogen and oxygen atoms in total. The monoisotopic (exact) mass is 159 g/mol. The van der Waals surface area contributed by atoms with Gasteiger partial charge in [0.25, 0.3) is 0 Å². The normalized spacial score (nSPS) is 34.5. The third-order valence-electron chi connectivity index (χ3n) is 1.99. The Labute approximate surface area is 63.7 Å². The summed E-state index contributed by atoms with van der Waals surface area (Å²) < 4.78 is 12.0. The molecule has 2 atom stereocenters. The van der Waals surface area contributed by atoms with Crippen LogP contribution in [0, 0.1) is 5.92 Å². The standard InChI is InChI=1S/C7H10FNO2/c8-3-5-1-4(7(10)11)2-6(5)9/h3-4,6H,1-2,9H2,(H,10,11)/b5-3+/t4-,6-/m0/s1. The molecule has 0 aromatic rings. The number of nitrogens with two attached hydrogens (primary N) is 1. The minimum absolute atomic E-state index is 0.257. The second kappa shape index (κ2) is 3.00. The summed E-state index contributed by atoms with van der Waals surface area (Å²) in [5, 5.41) is 8.54. The highest BCUT2D eigenvalue weighted by molar-refractivity contribution is 5.71. The fourth-order valence-corrected chi connectivity index (χ4v) is 1.29. The van der Waals surface area contributed by atoms with E-state index in [1.54, 1.807) is 0 Å². The first-order chi connectivity index (χ1) is 5.15. The molecule has 62 valence electrons. The summed E-state index contributed by atoms with van der Waals surface area (Å²) >= 11 is 0. The van der Waals surface area contributed by atoms with E-state index in [1.807, 2.05) is 0 Å². The molecular formula is C7H10FNO2. The van der Waals surface area contributed by atoms with Crippen molar-refractivity contribution in [2.45, 2.75) is 18.9 Å². The summed E-state index contributed by atoms with van der Waals surface area (Å²) in [6, 6.07) is -0.402. The molecule has 0 aromatic heterocycles. The summed E-state index contributed by atoms with van der Waals surface area (Å²) in [6.45, 7) is 0. The third-order valence-corrected chi connectivity index (χ3v) is 1.99. The molecule has 0 aliphatic heterocycles. The van der Waals surface area contributed by atoms with E-state index in [1.165, 1.54) is 0 Å². The van der Waals surface area contributed by atoms with Crippen molar-refractivity contribution in [1.29, 1.82) is 0 Å². The van der Waals surface area contributed by atoms with E-state index in [4.69, 9.17) is 10.8 Å². The summed E-state index contributed by atoms with van der Waals surface area (Å²) in [6.07, 6.45) is 1.03. The molecule has 0 unspecified atom stereocenters. The lowest BCUT2D eigenvalue weighted by atomic mass is 10.1. The molecule has 1 saturated carbocycles. The predicted molar refractivity (Wildman–Crippen MR) is 37.5 cm³/mol. The Morgan fingerprint density at radius 3 is 2.73 bits per heavy atom.